The lowest BCUT2D eigenvalue weighted by atomic mass is 9.56. The van der Waals surface area contributed by atoms with Crippen molar-refractivity contribution >= 4 is 21.8 Å². The molecule has 11 rings (SSSR count). The molecule has 0 radical (unpaired) electrons. The molecule has 2 aromatic heterocycles. The quantitative estimate of drug-likeness (QED) is 0.163. The fourth-order valence-electron chi connectivity index (χ4n) is 13.1. The van der Waals surface area contributed by atoms with Gasteiger partial charge in [0, 0.05) is 27.2 Å². The first kappa shape index (κ1) is 36.6. The molecule has 0 saturated heterocycles. The highest BCUT2D eigenvalue weighted by atomic mass is 15.0. The molecule has 4 aromatic carbocycles. The van der Waals surface area contributed by atoms with Crippen LogP contribution in [0.15, 0.2) is 97.1 Å². The molecule has 5 fully saturated rings. The Morgan fingerprint density at radius 2 is 1.28 bits per heavy atom. The van der Waals surface area contributed by atoms with Crippen LogP contribution in [0.4, 0.5) is 0 Å². The van der Waals surface area contributed by atoms with Crippen molar-refractivity contribution in [3.63, 3.8) is 0 Å². The minimum absolute atomic E-state index is 0.0393. The summed E-state index contributed by atoms with van der Waals surface area (Å²) in [6.45, 7) is 9.81. The average molecular weight is 751 g/mol. The van der Waals surface area contributed by atoms with E-state index in [1.165, 1.54) is 85.4 Å². The van der Waals surface area contributed by atoms with E-state index in [1.807, 2.05) is 6.07 Å². The van der Waals surface area contributed by atoms with Gasteiger partial charge in [-0.3, -0.25) is 0 Å². The Balaban J connectivity index is 1.21. The highest BCUT2D eigenvalue weighted by molar-refractivity contribution is 6.11. The fraction of sp³-hybridized carbons (Fsp3) is 0.453. The summed E-state index contributed by atoms with van der Waals surface area (Å²) < 4.78 is 2.43. The smallest absolute Gasteiger partial charge is 0.135 e. The summed E-state index contributed by atoms with van der Waals surface area (Å²) in [5, 5.41) is 12.9. The predicted molar refractivity (Wildman–Crippen MR) is 234 cm³/mol. The van der Waals surface area contributed by atoms with Crippen LogP contribution >= 0.6 is 0 Å². The van der Waals surface area contributed by atoms with Crippen LogP contribution in [0.3, 0.4) is 0 Å². The zero-order valence-electron chi connectivity index (χ0n) is 34.5. The van der Waals surface area contributed by atoms with E-state index in [1.54, 1.807) is 0 Å². The number of hydrogen-bond acceptors (Lipinski definition) is 3. The maximum atomic E-state index is 10.4. The van der Waals surface area contributed by atoms with Crippen molar-refractivity contribution in [1.82, 2.24) is 14.5 Å². The number of fused-ring (bicyclic) bond motifs is 9. The van der Waals surface area contributed by atoms with Crippen molar-refractivity contribution in [2.45, 2.75) is 116 Å². The molecule has 3 unspecified atom stereocenters. The molecule has 5 aliphatic carbocycles. The monoisotopic (exact) mass is 750 g/mol. The number of nitriles is 1. The topological polar surface area (TPSA) is 54.5 Å². The van der Waals surface area contributed by atoms with Crippen LogP contribution in [0.1, 0.15) is 122 Å². The van der Waals surface area contributed by atoms with E-state index in [-0.39, 0.29) is 10.8 Å². The van der Waals surface area contributed by atoms with Gasteiger partial charge in [0.05, 0.1) is 39.7 Å². The Labute approximate surface area is 339 Å². The predicted octanol–water partition coefficient (Wildman–Crippen LogP) is 13.8. The zero-order chi connectivity index (χ0) is 38.9. The summed E-state index contributed by atoms with van der Waals surface area (Å²) in [6, 6.07) is 37.6. The Bertz CT molecular complexity index is 2480. The molecular weight excluding hydrogens is 693 g/mol. The lowest BCUT2D eigenvalue weighted by Crippen LogP contribution is -2.43. The van der Waals surface area contributed by atoms with Crippen molar-refractivity contribution in [3.05, 3.63) is 114 Å². The number of benzene rings is 4. The summed E-state index contributed by atoms with van der Waals surface area (Å²) in [5.74, 6) is 5.74. The van der Waals surface area contributed by atoms with Gasteiger partial charge in [-0.1, -0.05) is 82.3 Å². The lowest BCUT2D eigenvalue weighted by Gasteiger charge is -2.49. The van der Waals surface area contributed by atoms with E-state index in [0.717, 1.165) is 82.7 Å². The Morgan fingerprint density at radius 3 is 2.04 bits per heavy atom. The molecule has 2 heterocycles. The SMILES string of the molecule is CCC1(c2cc(-c3cc(C#N)ccc3-n3c4ccccc4c4cc(-c5ccccc5)ccc43)nc(C3(CC)CC4CC(C4)C[C@@H](C)C3)n2)CC2CC(C)CC(C2)C1. The van der Waals surface area contributed by atoms with Gasteiger partial charge in [0.2, 0.25) is 0 Å². The van der Waals surface area contributed by atoms with Gasteiger partial charge < -0.3 is 4.57 Å². The Hall–Kier alpha value is -4.75. The van der Waals surface area contributed by atoms with Crippen molar-refractivity contribution in [2.75, 3.05) is 0 Å². The van der Waals surface area contributed by atoms with Gasteiger partial charge in [-0.05, 0) is 166 Å². The Morgan fingerprint density at radius 1 is 0.614 bits per heavy atom. The van der Waals surface area contributed by atoms with Gasteiger partial charge in [0.15, 0.2) is 0 Å². The summed E-state index contributed by atoms with van der Waals surface area (Å²) in [4.78, 5) is 11.7. The molecule has 0 N–H and O–H groups in total. The van der Waals surface area contributed by atoms with Crippen LogP contribution in [-0.2, 0) is 10.8 Å². The zero-order valence-corrected chi connectivity index (χ0v) is 34.5. The first-order valence-electron chi connectivity index (χ1n) is 22.3. The van der Waals surface area contributed by atoms with Crippen LogP contribution in [0.25, 0.3) is 49.9 Å². The molecule has 5 saturated carbocycles. The number of rotatable bonds is 7. The molecule has 290 valence electrons. The van der Waals surface area contributed by atoms with E-state index in [2.05, 4.69) is 129 Å². The minimum atomic E-state index is -0.0537. The van der Waals surface area contributed by atoms with Crippen molar-refractivity contribution in [3.8, 4) is 34.1 Å². The van der Waals surface area contributed by atoms with Crippen molar-refractivity contribution in [1.29, 1.82) is 5.26 Å². The third kappa shape index (κ3) is 6.32. The third-order valence-electron chi connectivity index (χ3n) is 15.5. The van der Waals surface area contributed by atoms with Crippen molar-refractivity contribution < 1.29 is 0 Å². The van der Waals surface area contributed by atoms with Gasteiger partial charge in [-0.25, -0.2) is 9.97 Å². The van der Waals surface area contributed by atoms with Gasteiger partial charge in [0.25, 0.3) is 0 Å². The molecular formula is C53H58N4. The lowest BCUT2D eigenvalue weighted by molar-refractivity contribution is 0.0683. The molecule has 57 heavy (non-hydrogen) atoms. The summed E-state index contributed by atoms with van der Waals surface area (Å²) in [5.41, 5.74) is 9.76. The van der Waals surface area contributed by atoms with E-state index in [0.29, 0.717) is 11.5 Å². The van der Waals surface area contributed by atoms with E-state index in [4.69, 9.17) is 9.97 Å². The standard InChI is InChI=1S/C53H58N4/c1-5-52(30-38-20-34(3)21-39(25-38)31-52)50-28-46(55-51(56-50)53(6-2)29-35(4)22-37-23-40(24-37)32-53)45-26-36(33-54)16-18-49(45)57-47-15-11-10-14-43(47)44-27-42(17-19-48(44)57)41-12-8-7-9-13-41/h7-19,26-28,34-35,37-40H,5-6,20-25,29-32H2,1-4H3/t34?,35-,37?,38?,39?,40?,52?,53?/m1/s1. The molecule has 4 atom stereocenters. The maximum Gasteiger partial charge on any atom is 0.135 e. The molecule has 4 heteroatoms. The molecule has 6 aromatic rings. The normalized spacial score (nSPS) is 29.7. The highest BCUT2D eigenvalue weighted by Gasteiger charge is 2.48. The highest BCUT2D eigenvalue weighted by Crippen LogP contribution is 2.55. The average Bonchev–Trinajstić information content (AvgIpc) is 3.54. The number of para-hydroxylation sites is 1. The van der Waals surface area contributed by atoms with Crippen LogP contribution in [0.2, 0.25) is 0 Å². The molecule has 5 aliphatic rings. The number of hydrogen-bond donors (Lipinski definition) is 0. The van der Waals surface area contributed by atoms with Gasteiger partial charge >= 0.3 is 0 Å². The van der Waals surface area contributed by atoms with Crippen LogP contribution in [0.5, 0.6) is 0 Å². The number of aromatic nitrogens is 3. The molecule has 0 amide bonds. The van der Waals surface area contributed by atoms with E-state index >= 15 is 0 Å². The summed E-state index contributed by atoms with van der Waals surface area (Å²) >= 11 is 0. The van der Waals surface area contributed by atoms with Gasteiger partial charge in [0.1, 0.15) is 5.82 Å². The first-order valence-corrected chi connectivity index (χ1v) is 22.3. The van der Waals surface area contributed by atoms with Gasteiger partial charge in [-0.15, -0.1) is 0 Å². The van der Waals surface area contributed by atoms with Gasteiger partial charge in [-0.2, -0.15) is 5.26 Å². The second kappa shape index (κ2) is 14.3. The maximum absolute atomic E-state index is 10.4. The molecule has 4 bridgehead atoms. The van der Waals surface area contributed by atoms with Crippen LogP contribution in [0, 0.1) is 46.8 Å². The van der Waals surface area contributed by atoms with Crippen LogP contribution < -0.4 is 0 Å². The Kier molecular flexibility index (Phi) is 9.15. The molecule has 4 nitrogen and oxygen atoms in total. The van der Waals surface area contributed by atoms with Crippen molar-refractivity contribution in [2.24, 2.45) is 35.5 Å². The molecule has 0 spiro atoms. The van der Waals surface area contributed by atoms with E-state index < -0.39 is 0 Å². The second-order valence-electron chi connectivity index (χ2n) is 19.4. The molecule has 0 aliphatic heterocycles. The minimum Gasteiger partial charge on any atom is -0.309 e. The second-order valence-corrected chi connectivity index (χ2v) is 19.4. The largest absolute Gasteiger partial charge is 0.309 e. The fourth-order valence-corrected chi connectivity index (χ4v) is 13.1. The number of nitrogens with zero attached hydrogens (tertiary/aromatic N) is 4. The summed E-state index contributed by atoms with van der Waals surface area (Å²) in [6.07, 6.45) is 15.1. The third-order valence-corrected chi connectivity index (χ3v) is 15.5. The van der Waals surface area contributed by atoms with Crippen LogP contribution in [-0.4, -0.2) is 14.5 Å². The van der Waals surface area contributed by atoms with E-state index in [9.17, 15) is 5.26 Å². The summed E-state index contributed by atoms with van der Waals surface area (Å²) in [7, 11) is 0. The first-order chi connectivity index (χ1) is 27.8.